The van der Waals surface area contributed by atoms with Gasteiger partial charge in [0.2, 0.25) is 0 Å². The van der Waals surface area contributed by atoms with Crippen LogP contribution in [0.3, 0.4) is 0 Å². The van der Waals surface area contributed by atoms with Gasteiger partial charge in [0.1, 0.15) is 0 Å². The molecule has 0 amide bonds. The van der Waals surface area contributed by atoms with Crippen LogP contribution in [0.2, 0.25) is 0 Å². The maximum Gasteiger partial charge on any atom is 0.0702 e. The van der Waals surface area contributed by atoms with Gasteiger partial charge in [0.15, 0.2) is 0 Å². The number of benzene rings is 1. The summed E-state index contributed by atoms with van der Waals surface area (Å²) >= 11 is 3.61. The van der Waals surface area contributed by atoms with Crippen LogP contribution < -0.4 is 0 Å². The molecule has 22 heavy (non-hydrogen) atoms. The molecule has 0 N–H and O–H groups in total. The molecule has 0 radical (unpaired) electrons. The SMILES string of the molecule is CSC1=CC2=C(c3cnc4ccccc4c3)C=C(SC)C2=C1. The van der Waals surface area contributed by atoms with Crippen LogP contribution in [0.25, 0.3) is 16.5 Å². The lowest BCUT2D eigenvalue weighted by molar-refractivity contribution is 1.39. The molecule has 2 aliphatic carbocycles. The van der Waals surface area contributed by atoms with Crippen LogP contribution in [0, 0.1) is 0 Å². The fourth-order valence-corrected chi connectivity index (χ4v) is 4.03. The molecular weight excluding hydrogens is 306 g/mol. The van der Waals surface area contributed by atoms with E-state index in [1.54, 1.807) is 11.8 Å². The number of para-hydroxylation sites is 1. The van der Waals surface area contributed by atoms with Gasteiger partial charge in [-0.25, -0.2) is 0 Å². The van der Waals surface area contributed by atoms with Gasteiger partial charge in [-0.3, -0.25) is 4.98 Å². The highest BCUT2D eigenvalue weighted by Gasteiger charge is 2.25. The molecule has 1 aromatic heterocycles. The largest absolute Gasteiger partial charge is 0.256 e. The maximum absolute atomic E-state index is 4.61. The summed E-state index contributed by atoms with van der Waals surface area (Å²) in [6, 6.07) is 10.5. The quantitative estimate of drug-likeness (QED) is 0.747. The Morgan fingerprint density at radius 3 is 2.59 bits per heavy atom. The maximum atomic E-state index is 4.61. The Labute approximate surface area is 138 Å². The van der Waals surface area contributed by atoms with Crippen molar-refractivity contribution in [3.63, 3.8) is 0 Å². The molecule has 1 aromatic carbocycles. The number of nitrogens with zero attached hydrogens (tertiary/aromatic N) is 1. The molecule has 0 atom stereocenters. The van der Waals surface area contributed by atoms with Gasteiger partial charge in [-0.15, -0.1) is 23.5 Å². The van der Waals surface area contributed by atoms with E-state index in [9.17, 15) is 0 Å². The predicted molar refractivity (Wildman–Crippen MR) is 99.9 cm³/mol. The molecular formula is C19H15NS2. The topological polar surface area (TPSA) is 12.9 Å². The molecule has 0 saturated heterocycles. The van der Waals surface area contributed by atoms with Crippen LogP contribution in [0.15, 0.2) is 75.7 Å². The second kappa shape index (κ2) is 5.49. The summed E-state index contributed by atoms with van der Waals surface area (Å²) in [7, 11) is 0. The molecule has 0 aliphatic heterocycles. The lowest BCUT2D eigenvalue weighted by Gasteiger charge is -2.04. The van der Waals surface area contributed by atoms with Gasteiger partial charge in [-0.1, -0.05) is 18.2 Å². The van der Waals surface area contributed by atoms with Gasteiger partial charge in [-0.05, 0) is 59.6 Å². The molecule has 0 fully saturated rings. The summed E-state index contributed by atoms with van der Waals surface area (Å²) in [5.41, 5.74) is 6.23. The van der Waals surface area contributed by atoms with Crippen LogP contribution in [-0.4, -0.2) is 17.5 Å². The summed E-state index contributed by atoms with van der Waals surface area (Å²) in [6.07, 6.45) is 13.2. The molecule has 2 aromatic rings. The number of aromatic nitrogens is 1. The van der Waals surface area contributed by atoms with Crippen molar-refractivity contribution >= 4 is 40.0 Å². The van der Waals surface area contributed by atoms with E-state index in [0.717, 1.165) is 5.52 Å². The molecule has 2 aliphatic rings. The summed E-state index contributed by atoms with van der Waals surface area (Å²) in [6.45, 7) is 0. The van der Waals surface area contributed by atoms with Crippen LogP contribution in [0.4, 0.5) is 0 Å². The average molecular weight is 321 g/mol. The first-order valence-electron chi connectivity index (χ1n) is 7.13. The van der Waals surface area contributed by atoms with Crippen molar-refractivity contribution in [1.82, 2.24) is 4.98 Å². The standard InChI is InChI=1S/C19H15NS2/c1-21-14-8-16-15(10-19(22-2)17(16)9-14)13-7-12-5-3-4-6-18(12)20-11-13/h3-11H,1-2H3. The number of hydrogen-bond acceptors (Lipinski definition) is 3. The first kappa shape index (κ1) is 13.9. The minimum atomic E-state index is 1.05. The van der Waals surface area contributed by atoms with Crippen molar-refractivity contribution in [3.8, 4) is 0 Å². The Morgan fingerprint density at radius 1 is 0.909 bits per heavy atom. The highest BCUT2D eigenvalue weighted by Crippen LogP contribution is 2.46. The van der Waals surface area contributed by atoms with Crippen molar-refractivity contribution in [1.29, 1.82) is 0 Å². The molecule has 0 saturated carbocycles. The fourth-order valence-electron chi connectivity index (χ4n) is 2.94. The van der Waals surface area contributed by atoms with Gasteiger partial charge in [-0.2, -0.15) is 0 Å². The molecule has 0 unspecified atom stereocenters. The van der Waals surface area contributed by atoms with E-state index in [1.165, 1.54) is 37.5 Å². The van der Waals surface area contributed by atoms with E-state index in [1.807, 2.05) is 24.0 Å². The smallest absolute Gasteiger partial charge is 0.0702 e. The van der Waals surface area contributed by atoms with Crippen LogP contribution in [0.1, 0.15) is 5.56 Å². The number of thioether (sulfide) groups is 2. The predicted octanol–water partition coefficient (Wildman–Crippen LogP) is 5.44. The van der Waals surface area contributed by atoms with Crippen molar-refractivity contribution in [2.45, 2.75) is 0 Å². The van der Waals surface area contributed by atoms with Crippen molar-refractivity contribution in [3.05, 3.63) is 81.3 Å². The van der Waals surface area contributed by atoms with Crippen molar-refractivity contribution in [2.24, 2.45) is 0 Å². The second-order valence-electron chi connectivity index (χ2n) is 5.27. The zero-order valence-corrected chi connectivity index (χ0v) is 14.1. The second-order valence-corrected chi connectivity index (χ2v) is 6.99. The molecule has 108 valence electrons. The molecule has 3 heteroatoms. The number of fused-ring (bicyclic) bond motifs is 2. The lowest BCUT2D eigenvalue weighted by atomic mass is 10.0. The molecule has 0 bridgehead atoms. The average Bonchev–Trinajstić information content (AvgIpc) is 3.12. The third-order valence-corrected chi connectivity index (χ3v) is 5.54. The van der Waals surface area contributed by atoms with Crippen molar-refractivity contribution < 1.29 is 0 Å². The summed E-state index contributed by atoms with van der Waals surface area (Å²) in [5.74, 6) is 0. The highest BCUT2D eigenvalue weighted by molar-refractivity contribution is 8.03. The number of rotatable bonds is 3. The molecule has 1 nitrogen and oxygen atoms in total. The van der Waals surface area contributed by atoms with E-state index in [-0.39, 0.29) is 0 Å². The van der Waals surface area contributed by atoms with Crippen LogP contribution in [-0.2, 0) is 0 Å². The van der Waals surface area contributed by atoms with Crippen molar-refractivity contribution in [2.75, 3.05) is 12.5 Å². The normalized spacial score (nSPS) is 16.7. The van der Waals surface area contributed by atoms with E-state index in [4.69, 9.17) is 0 Å². The monoisotopic (exact) mass is 321 g/mol. The minimum Gasteiger partial charge on any atom is -0.256 e. The Balaban J connectivity index is 1.89. The summed E-state index contributed by atoms with van der Waals surface area (Å²) in [4.78, 5) is 7.29. The Morgan fingerprint density at radius 2 is 1.77 bits per heavy atom. The molecule has 4 rings (SSSR count). The molecule has 1 heterocycles. The minimum absolute atomic E-state index is 1.05. The first-order chi connectivity index (χ1) is 10.8. The van der Waals surface area contributed by atoms with Gasteiger partial charge >= 0.3 is 0 Å². The lowest BCUT2D eigenvalue weighted by Crippen LogP contribution is -1.86. The van der Waals surface area contributed by atoms with Gasteiger partial charge in [0, 0.05) is 27.0 Å². The third-order valence-electron chi connectivity index (χ3n) is 4.05. The van der Waals surface area contributed by atoms with E-state index in [0.29, 0.717) is 0 Å². The highest BCUT2D eigenvalue weighted by atomic mass is 32.2. The number of pyridine rings is 1. The Hall–Kier alpha value is -1.71. The number of allylic oxidation sites excluding steroid dienone is 6. The Kier molecular flexibility index (Phi) is 3.47. The van der Waals surface area contributed by atoms with Gasteiger partial charge in [0.25, 0.3) is 0 Å². The summed E-state index contributed by atoms with van der Waals surface area (Å²) < 4.78 is 0. The third kappa shape index (κ3) is 2.16. The summed E-state index contributed by atoms with van der Waals surface area (Å²) in [5, 5.41) is 1.19. The number of hydrogen-bond donors (Lipinski definition) is 0. The van der Waals surface area contributed by atoms with E-state index >= 15 is 0 Å². The van der Waals surface area contributed by atoms with Crippen LogP contribution in [0.5, 0.6) is 0 Å². The van der Waals surface area contributed by atoms with Gasteiger partial charge in [0.05, 0.1) is 5.52 Å². The van der Waals surface area contributed by atoms with E-state index < -0.39 is 0 Å². The molecule has 0 spiro atoms. The van der Waals surface area contributed by atoms with Crippen LogP contribution >= 0.6 is 23.5 Å². The zero-order chi connectivity index (χ0) is 15.1. The Bertz CT molecular complexity index is 901. The van der Waals surface area contributed by atoms with E-state index in [2.05, 4.69) is 60.0 Å². The fraction of sp³-hybridized carbons (Fsp3) is 0.105. The first-order valence-corrected chi connectivity index (χ1v) is 9.58. The van der Waals surface area contributed by atoms with Gasteiger partial charge < -0.3 is 0 Å². The zero-order valence-electron chi connectivity index (χ0n) is 12.5.